The molecular weight excluding hydrogens is 643 g/mol. The van der Waals surface area contributed by atoms with E-state index in [-0.39, 0.29) is 5.41 Å². The van der Waals surface area contributed by atoms with Crippen LogP contribution in [0, 0.1) is 0 Å². The summed E-state index contributed by atoms with van der Waals surface area (Å²) >= 11 is 0. The van der Waals surface area contributed by atoms with E-state index in [4.69, 9.17) is 4.42 Å². The van der Waals surface area contributed by atoms with E-state index >= 15 is 0 Å². The normalized spacial score (nSPS) is 13.6. The zero-order chi connectivity index (χ0) is 35.0. The molecule has 0 fully saturated rings. The number of furan rings is 1. The van der Waals surface area contributed by atoms with Crippen LogP contribution in [0.2, 0.25) is 0 Å². The lowest BCUT2D eigenvalue weighted by Crippen LogP contribution is -2.15. The van der Waals surface area contributed by atoms with Crippen molar-refractivity contribution in [1.29, 1.82) is 0 Å². The summed E-state index contributed by atoms with van der Waals surface area (Å²) < 4.78 is 9.09. The van der Waals surface area contributed by atoms with E-state index in [1.54, 1.807) is 0 Å². The van der Waals surface area contributed by atoms with Crippen molar-refractivity contribution >= 4 is 76.1 Å². The minimum absolute atomic E-state index is 0.262. The molecule has 0 saturated heterocycles. The van der Waals surface area contributed by atoms with Crippen LogP contribution in [0.1, 0.15) is 25.0 Å². The number of nitrogens with zero attached hydrogens (tertiary/aromatic N) is 1. The summed E-state index contributed by atoms with van der Waals surface area (Å²) in [5, 5.41) is 12.7. The maximum absolute atomic E-state index is 6.64. The van der Waals surface area contributed by atoms with Crippen LogP contribution in [0.5, 0.6) is 0 Å². The monoisotopic (exact) mass is 675 g/mol. The molecule has 0 unspecified atom stereocenters. The summed E-state index contributed by atoms with van der Waals surface area (Å²) in [5.74, 6) is 0. The molecule has 1 aliphatic carbocycles. The second-order valence-corrected chi connectivity index (χ2v) is 15.2. The Bertz CT molecular complexity index is 3320. The third kappa shape index (κ3) is 3.77. The van der Waals surface area contributed by atoms with Crippen LogP contribution in [-0.4, -0.2) is 4.57 Å². The third-order valence-electron chi connectivity index (χ3n) is 12.1. The Morgan fingerprint density at radius 2 is 0.962 bits per heavy atom. The molecule has 0 amide bonds. The number of rotatable bonds is 2. The van der Waals surface area contributed by atoms with E-state index in [9.17, 15) is 0 Å². The average Bonchev–Trinajstić information content (AvgIpc) is 3.83. The maximum Gasteiger partial charge on any atom is 0.140 e. The molecule has 0 saturated carbocycles. The molecule has 0 bridgehead atoms. The summed E-state index contributed by atoms with van der Waals surface area (Å²) in [5.41, 5.74) is 13.0. The Hall–Kier alpha value is -6.64. The van der Waals surface area contributed by atoms with Crippen molar-refractivity contribution in [3.05, 3.63) is 175 Å². The van der Waals surface area contributed by atoms with Crippen LogP contribution in [0.15, 0.2) is 168 Å². The maximum atomic E-state index is 6.64. The number of aromatic nitrogens is 1. The van der Waals surface area contributed by atoms with Gasteiger partial charge in [0, 0.05) is 38.2 Å². The molecule has 2 nitrogen and oxygen atoms in total. The Morgan fingerprint density at radius 3 is 1.70 bits per heavy atom. The minimum Gasteiger partial charge on any atom is -0.456 e. The van der Waals surface area contributed by atoms with Crippen LogP contribution in [0.4, 0.5) is 0 Å². The zero-order valence-electron chi connectivity index (χ0n) is 29.4. The van der Waals surface area contributed by atoms with E-state index in [0.29, 0.717) is 0 Å². The number of benzene rings is 9. The van der Waals surface area contributed by atoms with Crippen molar-refractivity contribution in [3.8, 4) is 27.9 Å². The van der Waals surface area contributed by atoms with E-state index in [1.807, 2.05) is 0 Å². The molecule has 2 heterocycles. The summed E-state index contributed by atoms with van der Waals surface area (Å²) in [7, 11) is 0. The zero-order valence-corrected chi connectivity index (χ0v) is 29.4. The van der Waals surface area contributed by atoms with E-state index < -0.39 is 0 Å². The number of fused-ring (bicyclic) bond motifs is 17. The van der Waals surface area contributed by atoms with Gasteiger partial charge in [-0.25, -0.2) is 0 Å². The molecule has 0 atom stereocenters. The van der Waals surface area contributed by atoms with Crippen LogP contribution in [0.3, 0.4) is 0 Å². The third-order valence-corrected chi connectivity index (χ3v) is 12.1. The molecule has 1 aliphatic rings. The topological polar surface area (TPSA) is 18.1 Å². The van der Waals surface area contributed by atoms with Crippen molar-refractivity contribution in [1.82, 2.24) is 4.57 Å². The van der Waals surface area contributed by atoms with Crippen molar-refractivity contribution < 1.29 is 4.42 Å². The van der Waals surface area contributed by atoms with Gasteiger partial charge in [-0.15, -0.1) is 0 Å². The number of para-hydroxylation sites is 2. The van der Waals surface area contributed by atoms with Crippen molar-refractivity contribution in [2.75, 3.05) is 0 Å². The lowest BCUT2D eigenvalue weighted by molar-refractivity contribution is 0.622. The molecule has 9 aromatic carbocycles. The summed E-state index contributed by atoms with van der Waals surface area (Å²) in [6.45, 7) is 4.75. The van der Waals surface area contributed by atoms with Gasteiger partial charge in [-0.3, -0.25) is 0 Å². The highest BCUT2D eigenvalue weighted by Gasteiger charge is 2.41. The standard InChI is InChI=1S/C51H33NO/c1-51(2)48-39(40-25-26-41-38-15-8-10-18-46(38)53-50(41)49(40)51)27-28-45-47(48)42-16-7-9-17-44(42)52(45)32-22-19-30(20-23-32)31-21-24-37-35-13-4-3-11-33(35)34-12-5-6-14-36(34)43(37)29-31/h3-29H,1-2H3. The van der Waals surface area contributed by atoms with Gasteiger partial charge in [-0.05, 0) is 103 Å². The fourth-order valence-corrected chi connectivity index (χ4v) is 9.86. The number of hydrogen-bond donors (Lipinski definition) is 0. The van der Waals surface area contributed by atoms with Gasteiger partial charge in [0.2, 0.25) is 0 Å². The average molecular weight is 676 g/mol. The molecule has 0 aliphatic heterocycles. The quantitative estimate of drug-likeness (QED) is 0.167. The Morgan fingerprint density at radius 1 is 0.415 bits per heavy atom. The van der Waals surface area contributed by atoms with E-state index in [1.165, 1.54) is 98.3 Å². The second kappa shape index (κ2) is 10.2. The molecular formula is C51H33NO. The van der Waals surface area contributed by atoms with E-state index in [2.05, 4.69) is 182 Å². The molecule has 0 N–H and O–H groups in total. The molecule has 2 heteroatoms. The lowest BCUT2D eigenvalue weighted by atomic mass is 9.80. The Labute approximate surface area is 306 Å². The first-order chi connectivity index (χ1) is 26.1. The summed E-state index contributed by atoms with van der Waals surface area (Å²) in [6.07, 6.45) is 0. The molecule has 11 aromatic rings. The largest absolute Gasteiger partial charge is 0.456 e. The van der Waals surface area contributed by atoms with Gasteiger partial charge in [-0.1, -0.05) is 135 Å². The minimum atomic E-state index is -0.262. The van der Waals surface area contributed by atoms with Crippen molar-refractivity contribution in [3.63, 3.8) is 0 Å². The predicted molar refractivity (Wildman–Crippen MR) is 224 cm³/mol. The highest BCUT2D eigenvalue weighted by Crippen LogP contribution is 2.56. The molecule has 12 rings (SSSR count). The first-order valence-electron chi connectivity index (χ1n) is 18.5. The van der Waals surface area contributed by atoms with E-state index in [0.717, 1.165) is 16.9 Å². The van der Waals surface area contributed by atoms with Gasteiger partial charge < -0.3 is 8.98 Å². The molecule has 0 spiro atoms. The molecule has 2 aromatic heterocycles. The summed E-state index contributed by atoms with van der Waals surface area (Å²) in [6, 6.07) is 60.2. The first-order valence-corrected chi connectivity index (χ1v) is 18.5. The smallest absolute Gasteiger partial charge is 0.140 e. The fourth-order valence-electron chi connectivity index (χ4n) is 9.86. The van der Waals surface area contributed by atoms with Gasteiger partial charge >= 0.3 is 0 Å². The van der Waals surface area contributed by atoms with Crippen LogP contribution >= 0.6 is 0 Å². The Kier molecular flexibility index (Phi) is 5.60. The lowest BCUT2D eigenvalue weighted by Gasteiger charge is -2.23. The van der Waals surface area contributed by atoms with Crippen LogP contribution in [-0.2, 0) is 5.41 Å². The van der Waals surface area contributed by atoms with Gasteiger partial charge in [0.25, 0.3) is 0 Å². The SMILES string of the molecule is CC1(C)c2c(ccc3c2oc2ccccc23)-c2ccc3c(c21)c1ccccc1n3-c1ccc(-c2ccc3c4ccccc4c4ccccc4c3c2)cc1. The molecule has 53 heavy (non-hydrogen) atoms. The van der Waals surface area contributed by atoms with Crippen molar-refractivity contribution in [2.45, 2.75) is 19.3 Å². The van der Waals surface area contributed by atoms with Crippen molar-refractivity contribution in [2.24, 2.45) is 0 Å². The first kappa shape index (κ1) is 29.0. The van der Waals surface area contributed by atoms with Gasteiger partial charge in [0.05, 0.1) is 11.0 Å². The van der Waals surface area contributed by atoms with Gasteiger partial charge in [0.1, 0.15) is 11.2 Å². The number of hydrogen-bond acceptors (Lipinski definition) is 1. The van der Waals surface area contributed by atoms with Crippen LogP contribution < -0.4 is 0 Å². The predicted octanol–water partition coefficient (Wildman–Crippen LogP) is 14.1. The fraction of sp³-hybridized carbons (Fsp3) is 0.0588. The highest BCUT2D eigenvalue weighted by atomic mass is 16.3. The molecule has 0 radical (unpaired) electrons. The highest BCUT2D eigenvalue weighted by molar-refractivity contribution is 6.26. The van der Waals surface area contributed by atoms with Crippen LogP contribution in [0.25, 0.3) is 104 Å². The Balaban J connectivity index is 1.03. The summed E-state index contributed by atoms with van der Waals surface area (Å²) in [4.78, 5) is 0. The molecule has 248 valence electrons. The van der Waals surface area contributed by atoms with Gasteiger partial charge in [-0.2, -0.15) is 0 Å². The second-order valence-electron chi connectivity index (χ2n) is 15.2. The van der Waals surface area contributed by atoms with Gasteiger partial charge in [0.15, 0.2) is 0 Å².